The summed E-state index contributed by atoms with van der Waals surface area (Å²) in [6.07, 6.45) is 0.727. The number of rotatable bonds is 4. The van der Waals surface area contributed by atoms with Crippen LogP contribution < -0.4 is 9.64 Å². The second-order valence-electron chi connectivity index (χ2n) is 6.97. The zero-order valence-corrected chi connectivity index (χ0v) is 16.0. The number of nitrogens with zero attached hydrogens (tertiary/aromatic N) is 1. The lowest BCUT2D eigenvalue weighted by Crippen LogP contribution is -2.31. The fourth-order valence-electron chi connectivity index (χ4n) is 3.50. The first-order valence-corrected chi connectivity index (χ1v) is 9.30. The summed E-state index contributed by atoms with van der Waals surface area (Å²) in [6, 6.07) is 10.4. The number of halogens is 1. The molecule has 0 N–H and O–H groups in total. The maximum atomic E-state index is 12.4. The van der Waals surface area contributed by atoms with E-state index in [2.05, 4.69) is 0 Å². The van der Waals surface area contributed by atoms with Crippen LogP contribution in [0.3, 0.4) is 0 Å². The summed E-state index contributed by atoms with van der Waals surface area (Å²) in [5, 5.41) is 0.576. The van der Waals surface area contributed by atoms with Crippen molar-refractivity contribution in [1.29, 1.82) is 0 Å². The topological polar surface area (TPSA) is 72.9 Å². The van der Waals surface area contributed by atoms with Gasteiger partial charge in [0.2, 0.25) is 5.91 Å². The Bertz CT molecular complexity index is 987. The Morgan fingerprint density at radius 3 is 2.86 bits per heavy atom. The minimum atomic E-state index is -0.481. The van der Waals surface area contributed by atoms with Gasteiger partial charge < -0.3 is 14.4 Å². The van der Waals surface area contributed by atoms with Crippen LogP contribution in [-0.2, 0) is 27.2 Å². The number of hydrogen-bond acceptors (Lipinski definition) is 5. The van der Waals surface area contributed by atoms with Gasteiger partial charge in [-0.2, -0.15) is 0 Å². The van der Waals surface area contributed by atoms with Crippen molar-refractivity contribution in [3.8, 4) is 5.75 Å². The molecule has 6 nitrogen and oxygen atoms in total. The fourth-order valence-corrected chi connectivity index (χ4v) is 3.69. The molecule has 2 aliphatic heterocycles. The lowest BCUT2D eigenvalue weighted by atomic mass is 9.97. The summed E-state index contributed by atoms with van der Waals surface area (Å²) < 4.78 is 10.8. The van der Waals surface area contributed by atoms with E-state index in [1.165, 1.54) is 0 Å². The number of carbonyl (C=O) groups is 3. The molecule has 7 heteroatoms. The van der Waals surface area contributed by atoms with Crippen molar-refractivity contribution in [2.24, 2.45) is 5.92 Å². The van der Waals surface area contributed by atoms with E-state index in [0.29, 0.717) is 22.8 Å². The maximum absolute atomic E-state index is 12.4. The van der Waals surface area contributed by atoms with Crippen LogP contribution >= 0.6 is 11.6 Å². The van der Waals surface area contributed by atoms with Gasteiger partial charge in [0.1, 0.15) is 12.4 Å². The van der Waals surface area contributed by atoms with Gasteiger partial charge in [-0.1, -0.05) is 11.6 Å². The number of Topliss-reactive ketones (excluding diaryl/α,β-unsaturated/α-hetero) is 1. The van der Waals surface area contributed by atoms with E-state index >= 15 is 0 Å². The summed E-state index contributed by atoms with van der Waals surface area (Å²) in [4.78, 5) is 38.1. The number of likely N-dealkylation sites (N-methyl/N-ethyl adjacent to an activating group) is 1. The summed E-state index contributed by atoms with van der Waals surface area (Å²) in [6.45, 7) is -0.144. The monoisotopic (exact) mass is 399 g/mol. The number of benzene rings is 2. The fraction of sp³-hybridized carbons (Fsp3) is 0.286. The van der Waals surface area contributed by atoms with Crippen LogP contribution in [0.5, 0.6) is 5.75 Å². The highest BCUT2D eigenvalue weighted by Gasteiger charge is 2.29. The highest BCUT2D eigenvalue weighted by Crippen LogP contribution is 2.31. The highest BCUT2D eigenvalue weighted by molar-refractivity contribution is 6.30. The molecule has 2 aromatic rings. The molecule has 0 saturated heterocycles. The Morgan fingerprint density at radius 2 is 2.04 bits per heavy atom. The van der Waals surface area contributed by atoms with Crippen molar-refractivity contribution < 1.29 is 23.9 Å². The normalized spacial score (nSPS) is 17.6. The van der Waals surface area contributed by atoms with Gasteiger partial charge in [0.25, 0.3) is 0 Å². The SMILES string of the molecule is CN1C(=O)Cc2cc(C(=O)COC(=O)[C@H]3COc4ccc(Cl)cc4C3)ccc21. The first-order valence-electron chi connectivity index (χ1n) is 8.93. The van der Waals surface area contributed by atoms with Crippen LogP contribution in [0.15, 0.2) is 36.4 Å². The van der Waals surface area contributed by atoms with Crippen LogP contribution in [0.1, 0.15) is 21.5 Å². The third-order valence-electron chi connectivity index (χ3n) is 5.09. The minimum absolute atomic E-state index is 0.0105. The number of anilines is 1. The van der Waals surface area contributed by atoms with Crippen LogP contribution in [0, 0.1) is 5.92 Å². The van der Waals surface area contributed by atoms with Gasteiger partial charge in [0.05, 0.1) is 12.3 Å². The predicted molar refractivity (Wildman–Crippen MR) is 103 cm³/mol. The van der Waals surface area contributed by atoms with E-state index in [0.717, 1.165) is 16.8 Å². The summed E-state index contributed by atoms with van der Waals surface area (Å²) >= 11 is 5.99. The average molecular weight is 400 g/mol. The maximum Gasteiger partial charge on any atom is 0.313 e. The second-order valence-corrected chi connectivity index (χ2v) is 7.40. The van der Waals surface area contributed by atoms with Crippen molar-refractivity contribution in [1.82, 2.24) is 0 Å². The number of fused-ring (bicyclic) bond motifs is 2. The molecule has 2 aliphatic rings. The standard InChI is InChI=1S/C21H18ClNO5/c1-23-17-4-2-12(6-13(17)9-20(23)25)18(24)11-28-21(26)15-7-14-8-16(22)3-5-19(14)27-10-15/h2-6,8,15H,7,9-11H2,1H3/t15-/m1/s1. The molecule has 0 bridgehead atoms. The van der Waals surface area contributed by atoms with E-state index in [1.54, 1.807) is 48.3 Å². The van der Waals surface area contributed by atoms with Crippen molar-refractivity contribution in [2.45, 2.75) is 12.8 Å². The highest BCUT2D eigenvalue weighted by atomic mass is 35.5. The van der Waals surface area contributed by atoms with Gasteiger partial charge in [-0.3, -0.25) is 14.4 Å². The molecule has 0 radical (unpaired) electrons. The van der Waals surface area contributed by atoms with Crippen LogP contribution in [0.4, 0.5) is 5.69 Å². The lowest BCUT2D eigenvalue weighted by molar-refractivity contribution is -0.148. The van der Waals surface area contributed by atoms with E-state index in [9.17, 15) is 14.4 Å². The average Bonchev–Trinajstić information content (AvgIpc) is 2.98. The molecule has 144 valence electrons. The Morgan fingerprint density at radius 1 is 1.21 bits per heavy atom. The smallest absolute Gasteiger partial charge is 0.313 e. The van der Waals surface area contributed by atoms with Crippen molar-refractivity contribution in [2.75, 3.05) is 25.2 Å². The van der Waals surface area contributed by atoms with E-state index < -0.39 is 11.9 Å². The van der Waals surface area contributed by atoms with E-state index in [1.807, 2.05) is 0 Å². The number of esters is 1. The Balaban J connectivity index is 1.37. The lowest BCUT2D eigenvalue weighted by Gasteiger charge is -2.24. The molecule has 0 spiro atoms. The zero-order valence-electron chi connectivity index (χ0n) is 15.2. The van der Waals surface area contributed by atoms with E-state index in [-0.39, 0.29) is 31.3 Å². The molecule has 2 aromatic carbocycles. The second kappa shape index (κ2) is 7.28. The first-order chi connectivity index (χ1) is 13.4. The van der Waals surface area contributed by atoms with Gasteiger partial charge in [-0.25, -0.2) is 0 Å². The predicted octanol–water partition coefficient (Wildman–Crippen LogP) is 2.84. The molecule has 0 aromatic heterocycles. The van der Waals surface area contributed by atoms with Crippen LogP contribution in [0.25, 0.3) is 0 Å². The first kappa shape index (κ1) is 18.5. The van der Waals surface area contributed by atoms with Crippen LogP contribution in [0.2, 0.25) is 5.02 Å². The van der Waals surface area contributed by atoms with Gasteiger partial charge in [-0.05, 0) is 53.9 Å². The molecule has 0 fully saturated rings. The largest absolute Gasteiger partial charge is 0.492 e. The molecule has 4 rings (SSSR count). The Kier molecular flexibility index (Phi) is 4.81. The minimum Gasteiger partial charge on any atom is -0.492 e. The molecular weight excluding hydrogens is 382 g/mol. The van der Waals surface area contributed by atoms with Gasteiger partial charge >= 0.3 is 5.97 Å². The van der Waals surface area contributed by atoms with Gasteiger partial charge in [0, 0.05) is 23.3 Å². The van der Waals surface area contributed by atoms with Crippen LogP contribution in [-0.4, -0.2) is 37.9 Å². The number of ketones is 1. The molecule has 28 heavy (non-hydrogen) atoms. The van der Waals surface area contributed by atoms with E-state index in [4.69, 9.17) is 21.1 Å². The molecule has 2 heterocycles. The van der Waals surface area contributed by atoms with Gasteiger partial charge in [0.15, 0.2) is 12.4 Å². The molecule has 0 aliphatic carbocycles. The summed E-state index contributed by atoms with van der Waals surface area (Å²) in [7, 11) is 1.70. The number of ether oxygens (including phenoxy) is 2. The molecule has 1 atom stereocenters. The van der Waals surface area contributed by atoms with Crippen molar-refractivity contribution in [3.63, 3.8) is 0 Å². The molecule has 0 unspecified atom stereocenters. The quantitative estimate of drug-likeness (QED) is 0.584. The summed E-state index contributed by atoms with van der Waals surface area (Å²) in [5.74, 6) is -0.565. The molecule has 0 saturated carbocycles. The summed E-state index contributed by atoms with van der Waals surface area (Å²) in [5.41, 5.74) is 2.88. The van der Waals surface area contributed by atoms with Crippen molar-refractivity contribution in [3.05, 3.63) is 58.1 Å². The van der Waals surface area contributed by atoms with Gasteiger partial charge in [-0.15, -0.1) is 0 Å². The third-order valence-corrected chi connectivity index (χ3v) is 5.32. The third kappa shape index (κ3) is 3.47. The Hall–Kier alpha value is -2.86. The Labute approximate surface area is 167 Å². The number of hydrogen-bond donors (Lipinski definition) is 0. The molecule has 1 amide bonds. The zero-order chi connectivity index (χ0) is 19.8. The number of carbonyl (C=O) groups excluding carboxylic acids is 3. The number of amides is 1. The molecular formula is C21H18ClNO5. The van der Waals surface area contributed by atoms with Crippen molar-refractivity contribution >= 4 is 34.9 Å².